The lowest BCUT2D eigenvalue weighted by atomic mass is 9.91. The number of fused-ring (bicyclic) bond motifs is 2. The molecule has 0 amide bonds. The molecule has 1 N–H and O–H groups in total. The van der Waals surface area contributed by atoms with Crippen molar-refractivity contribution in [3.8, 4) is 5.75 Å². The Kier molecular flexibility index (Phi) is 6.17. The largest absolute Gasteiger partial charge is 0.507 e. The lowest BCUT2D eigenvalue weighted by Crippen LogP contribution is -2.40. The topological polar surface area (TPSA) is 80.9 Å². The van der Waals surface area contributed by atoms with Crippen molar-refractivity contribution in [1.82, 2.24) is 4.57 Å². The van der Waals surface area contributed by atoms with Crippen molar-refractivity contribution in [2.75, 3.05) is 6.61 Å². The minimum Gasteiger partial charge on any atom is -0.507 e. The van der Waals surface area contributed by atoms with Gasteiger partial charge in [0.1, 0.15) is 5.75 Å². The van der Waals surface area contributed by atoms with Crippen LogP contribution >= 0.6 is 27.3 Å². The fraction of sp³-hybridized carbons (Fsp3) is 0.148. The molecular weight excluding hydrogens is 528 g/mol. The molecule has 0 unspecified atom stereocenters. The summed E-state index contributed by atoms with van der Waals surface area (Å²) in [5, 5.41) is 11.8. The van der Waals surface area contributed by atoms with Crippen molar-refractivity contribution in [2.45, 2.75) is 19.9 Å². The number of ether oxygens (including phenoxy) is 1. The summed E-state index contributed by atoms with van der Waals surface area (Å²) < 4.78 is 7.99. The molecule has 4 aromatic rings. The van der Waals surface area contributed by atoms with Crippen LogP contribution in [-0.4, -0.2) is 22.2 Å². The van der Waals surface area contributed by atoms with Crippen LogP contribution in [0.5, 0.6) is 5.75 Å². The molecule has 0 saturated carbocycles. The number of benzene rings is 3. The Morgan fingerprint density at radius 2 is 1.97 bits per heavy atom. The lowest BCUT2D eigenvalue weighted by Gasteiger charge is -2.25. The number of aromatic hydroxyl groups is 1. The zero-order chi connectivity index (χ0) is 24.7. The Hall–Kier alpha value is -3.49. The molecule has 1 aliphatic heterocycles. The number of hydrogen-bond acceptors (Lipinski definition) is 6. The molecule has 8 heteroatoms. The van der Waals surface area contributed by atoms with Crippen molar-refractivity contribution in [3.63, 3.8) is 0 Å². The highest BCUT2D eigenvalue weighted by molar-refractivity contribution is 9.10. The van der Waals surface area contributed by atoms with Crippen LogP contribution in [0.15, 0.2) is 86.2 Å². The van der Waals surface area contributed by atoms with E-state index in [1.165, 1.54) is 11.3 Å². The molecule has 35 heavy (non-hydrogen) atoms. The van der Waals surface area contributed by atoms with Gasteiger partial charge in [0.05, 0.1) is 32.9 Å². The molecule has 5 rings (SSSR count). The smallest absolute Gasteiger partial charge is 0.338 e. The van der Waals surface area contributed by atoms with Crippen molar-refractivity contribution in [1.29, 1.82) is 0 Å². The summed E-state index contributed by atoms with van der Waals surface area (Å²) in [5.74, 6) is -0.363. The third-order valence-corrected chi connectivity index (χ3v) is 7.52. The van der Waals surface area contributed by atoms with Crippen LogP contribution in [-0.2, 0) is 9.53 Å². The van der Waals surface area contributed by atoms with Gasteiger partial charge in [-0.15, -0.1) is 0 Å². The highest BCUT2D eigenvalue weighted by Crippen LogP contribution is 2.34. The van der Waals surface area contributed by atoms with Gasteiger partial charge in [0.2, 0.25) is 0 Å². The highest BCUT2D eigenvalue weighted by Gasteiger charge is 2.34. The van der Waals surface area contributed by atoms with E-state index < -0.39 is 12.0 Å². The van der Waals surface area contributed by atoms with Gasteiger partial charge < -0.3 is 9.84 Å². The molecule has 0 radical (unpaired) electrons. The van der Waals surface area contributed by atoms with Gasteiger partial charge in [-0.25, -0.2) is 9.79 Å². The van der Waals surface area contributed by atoms with Gasteiger partial charge in [-0.1, -0.05) is 59.9 Å². The first-order chi connectivity index (χ1) is 16.9. The van der Waals surface area contributed by atoms with Gasteiger partial charge in [0.25, 0.3) is 5.56 Å². The maximum absolute atomic E-state index is 13.8. The standard InChI is InChI=1S/C27H21BrN2O4S/c1-3-34-26(33)23-15(2)29-27-30(24(23)19-10-6-8-17-7-4-5-9-18(17)19)25(32)22(35-27)14-16-11-12-21(31)20(28)13-16/h4-14,24,31H,3H2,1-2H3/b22-14-/t24-/m1/s1. The predicted molar refractivity (Wildman–Crippen MR) is 140 cm³/mol. The minimum absolute atomic E-state index is 0.120. The van der Waals surface area contributed by atoms with E-state index in [4.69, 9.17) is 4.74 Å². The molecule has 0 aliphatic carbocycles. The Labute approximate surface area is 213 Å². The number of carbonyl (C=O) groups excluding carboxylic acids is 1. The van der Waals surface area contributed by atoms with Gasteiger partial charge in [0, 0.05) is 0 Å². The Morgan fingerprint density at radius 1 is 1.20 bits per heavy atom. The number of aromatic nitrogens is 1. The van der Waals surface area contributed by atoms with Crippen molar-refractivity contribution >= 4 is 50.1 Å². The summed E-state index contributed by atoms with van der Waals surface area (Å²) in [4.78, 5) is 32.0. The van der Waals surface area contributed by atoms with Crippen LogP contribution in [0.2, 0.25) is 0 Å². The summed E-state index contributed by atoms with van der Waals surface area (Å²) >= 11 is 4.58. The Bertz CT molecular complexity index is 1700. The van der Waals surface area contributed by atoms with Gasteiger partial charge in [-0.3, -0.25) is 9.36 Å². The van der Waals surface area contributed by atoms with E-state index in [0.717, 1.165) is 21.9 Å². The third kappa shape index (κ3) is 4.13. The van der Waals surface area contributed by atoms with E-state index in [2.05, 4.69) is 20.9 Å². The summed E-state index contributed by atoms with van der Waals surface area (Å²) in [6, 6.07) is 18.1. The summed E-state index contributed by atoms with van der Waals surface area (Å²) in [5.41, 5.74) is 2.23. The molecule has 176 valence electrons. The molecule has 3 aromatic carbocycles. The average Bonchev–Trinajstić information content (AvgIpc) is 3.14. The molecule has 0 saturated heterocycles. The fourth-order valence-electron chi connectivity index (χ4n) is 4.34. The SMILES string of the molecule is CCOC(=O)C1=C(C)N=c2s/c(=C\c3ccc(O)c(Br)c3)c(=O)n2[C@@H]1c1cccc2ccccc12. The quantitative estimate of drug-likeness (QED) is 0.383. The Morgan fingerprint density at radius 3 is 2.74 bits per heavy atom. The Balaban J connectivity index is 1.79. The zero-order valence-corrected chi connectivity index (χ0v) is 21.4. The van der Waals surface area contributed by atoms with Crippen molar-refractivity contribution in [3.05, 3.63) is 107 Å². The van der Waals surface area contributed by atoms with E-state index in [1.807, 2.05) is 42.5 Å². The maximum Gasteiger partial charge on any atom is 0.338 e. The molecule has 0 bridgehead atoms. The van der Waals surface area contributed by atoms with E-state index in [9.17, 15) is 14.7 Å². The first-order valence-corrected chi connectivity index (χ1v) is 12.7. The molecule has 0 fully saturated rings. The van der Waals surface area contributed by atoms with Crippen LogP contribution in [0, 0.1) is 0 Å². The van der Waals surface area contributed by atoms with Crippen molar-refractivity contribution < 1.29 is 14.6 Å². The van der Waals surface area contributed by atoms with E-state index in [0.29, 0.717) is 25.1 Å². The van der Waals surface area contributed by atoms with Gasteiger partial charge in [-0.2, -0.15) is 0 Å². The number of nitrogens with zero attached hydrogens (tertiary/aromatic N) is 2. The minimum atomic E-state index is -0.676. The first-order valence-electron chi connectivity index (χ1n) is 11.0. The highest BCUT2D eigenvalue weighted by atomic mass is 79.9. The fourth-order valence-corrected chi connectivity index (χ4v) is 5.78. The summed E-state index contributed by atoms with van der Waals surface area (Å²) in [7, 11) is 0. The second-order valence-corrected chi connectivity index (χ2v) is 9.94. The van der Waals surface area contributed by atoms with E-state index in [-0.39, 0.29) is 17.9 Å². The molecule has 6 nitrogen and oxygen atoms in total. The van der Waals surface area contributed by atoms with Crippen LogP contribution in [0.4, 0.5) is 0 Å². The number of phenols is 1. The number of hydrogen-bond donors (Lipinski definition) is 1. The second-order valence-electron chi connectivity index (χ2n) is 8.08. The first kappa shape index (κ1) is 23.3. The van der Waals surface area contributed by atoms with Crippen LogP contribution in [0.1, 0.15) is 31.0 Å². The van der Waals surface area contributed by atoms with Gasteiger partial charge >= 0.3 is 5.97 Å². The van der Waals surface area contributed by atoms with Crippen LogP contribution in [0.3, 0.4) is 0 Å². The molecule has 1 aliphatic rings. The number of thiazole rings is 1. The van der Waals surface area contributed by atoms with Crippen molar-refractivity contribution in [2.24, 2.45) is 4.99 Å². The zero-order valence-electron chi connectivity index (χ0n) is 19.0. The van der Waals surface area contributed by atoms with Crippen LogP contribution in [0.25, 0.3) is 16.8 Å². The van der Waals surface area contributed by atoms with E-state index >= 15 is 0 Å². The lowest BCUT2D eigenvalue weighted by molar-refractivity contribution is -0.139. The maximum atomic E-state index is 13.8. The second kappa shape index (κ2) is 9.28. The number of halogens is 1. The molecule has 0 spiro atoms. The number of phenolic OH excluding ortho intramolecular Hbond substituents is 1. The number of carbonyl (C=O) groups is 1. The number of rotatable bonds is 4. The monoisotopic (exact) mass is 548 g/mol. The molecular formula is C27H21BrN2O4S. The van der Waals surface area contributed by atoms with Crippen LogP contribution < -0.4 is 14.9 Å². The average molecular weight is 549 g/mol. The van der Waals surface area contributed by atoms with Gasteiger partial charge in [0.15, 0.2) is 4.80 Å². The number of esters is 1. The molecule has 1 atom stereocenters. The predicted octanol–water partition coefficient (Wildman–Crippen LogP) is 4.42. The molecule has 2 heterocycles. The van der Waals surface area contributed by atoms with Gasteiger partial charge in [-0.05, 0) is 69.9 Å². The third-order valence-electron chi connectivity index (χ3n) is 5.90. The summed E-state index contributed by atoms with van der Waals surface area (Å²) in [6.07, 6.45) is 1.76. The summed E-state index contributed by atoms with van der Waals surface area (Å²) in [6.45, 7) is 3.75. The van der Waals surface area contributed by atoms with E-state index in [1.54, 1.807) is 42.7 Å². The number of allylic oxidation sites excluding steroid dienone is 1. The normalized spacial score (nSPS) is 15.7. The molecule has 1 aromatic heterocycles.